The molecule has 1 aromatic heterocycles. The summed E-state index contributed by atoms with van der Waals surface area (Å²) in [6.45, 7) is 1.69. The number of rotatable bonds is 3. The zero-order chi connectivity index (χ0) is 12.5. The number of carboxylic acids is 1. The van der Waals surface area contributed by atoms with Crippen molar-refractivity contribution in [2.24, 2.45) is 0 Å². The molecule has 0 bridgehead atoms. The first-order valence-corrected chi connectivity index (χ1v) is 6.61. The largest absolute Gasteiger partial charge is 0.478 e. The molecule has 2 heterocycles. The molecule has 0 atom stereocenters. The first-order valence-electron chi connectivity index (χ1n) is 5.73. The molecule has 0 unspecified atom stereocenters. The standard InChI is InChI=1S/C13H12N2O2S/c16-13(17)10-2-1-9-3-5-15(11(9)7-10)8-12-14-4-6-18-12/h1-2,4,6-7H,3,5,8H2,(H,16,17). The first-order chi connectivity index (χ1) is 8.74. The van der Waals surface area contributed by atoms with Gasteiger partial charge in [0, 0.05) is 23.8 Å². The SMILES string of the molecule is O=C(O)c1ccc2c(c1)N(Cc1nccs1)CC2. The molecule has 0 radical (unpaired) electrons. The van der Waals surface area contributed by atoms with Crippen LogP contribution in [0.15, 0.2) is 29.8 Å². The molecule has 18 heavy (non-hydrogen) atoms. The Bertz CT molecular complexity index is 581. The van der Waals surface area contributed by atoms with Crippen LogP contribution < -0.4 is 4.90 Å². The van der Waals surface area contributed by atoms with E-state index in [0.717, 1.165) is 30.2 Å². The summed E-state index contributed by atoms with van der Waals surface area (Å²) in [7, 11) is 0. The zero-order valence-corrected chi connectivity index (χ0v) is 10.5. The van der Waals surface area contributed by atoms with Crippen molar-refractivity contribution in [2.75, 3.05) is 11.4 Å². The van der Waals surface area contributed by atoms with Crippen molar-refractivity contribution in [1.29, 1.82) is 0 Å². The lowest BCUT2D eigenvalue weighted by molar-refractivity contribution is 0.0697. The minimum Gasteiger partial charge on any atom is -0.478 e. The summed E-state index contributed by atoms with van der Waals surface area (Å²) in [6, 6.07) is 5.35. The Labute approximate surface area is 109 Å². The Balaban J connectivity index is 1.90. The van der Waals surface area contributed by atoms with E-state index < -0.39 is 5.97 Å². The first kappa shape index (κ1) is 11.2. The normalized spacial score (nSPS) is 13.7. The third-order valence-electron chi connectivity index (χ3n) is 3.13. The summed E-state index contributed by atoms with van der Waals surface area (Å²) in [5.41, 5.74) is 2.60. The summed E-state index contributed by atoms with van der Waals surface area (Å²) >= 11 is 1.63. The van der Waals surface area contributed by atoms with Gasteiger partial charge in [-0.25, -0.2) is 9.78 Å². The summed E-state index contributed by atoms with van der Waals surface area (Å²) < 4.78 is 0. The quantitative estimate of drug-likeness (QED) is 0.920. The predicted molar refractivity (Wildman–Crippen MR) is 70.3 cm³/mol. The van der Waals surface area contributed by atoms with Gasteiger partial charge in [-0.2, -0.15) is 0 Å². The van der Waals surface area contributed by atoms with Crippen molar-refractivity contribution in [3.8, 4) is 0 Å². The Morgan fingerprint density at radius 1 is 1.50 bits per heavy atom. The van der Waals surface area contributed by atoms with Gasteiger partial charge >= 0.3 is 5.97 Å². The summed E-state index contributed by atoms with van der Waals surface area (Å²) in [6.07, 6.45) is 2.77. The van der Waals surface area contributed by atoms with E-state index in [2.05, 4.69) is 9.88 Å². The highest BCUT2D eigenvalue weighted by Gasteiger charge is 2.21. The average molecular weight is 260 g/mol. The maximum Gasteiger partial charge on any atom is 0.335 e. The minimum atomic E-state index is -0.876. The second-order valence-electron chi connectivity index (χ2n) is 4.25. The van der Waals surface area contributed by atoms with Crippen LogP contribution in [0.4, 0.5) is 5.69 Å². The second kappa shape index (κ2) is 4.42. The third kappa shape index (κ3) is 1.97. The molecule has 0 fully saturated rings. The smallest absolute Gasteiger partial charge is 0.335 e. The number of anilines is 1. The fourth-order valence-corrected chi connectivity index (χ4v) is 2.87. The van der Waals surface area contributed by atoms with E-state index in [0.29, 0.717) is 5.56 Å². The zero-order valence-electron chi connectivity index (χ0n) is 9.67. The number of hydrogen-bond donors (Lipinski definition) is 1. The van der Waals surface area contributed by atoms with Gasteiger partial charge in [0.05, 0.1) is 12.1 Å². The number of fused-ring (bicyclic) bond motifs is 1. The van der Waals surface area contributed by atoms with Crippen LogP contribution in [0, 0.1) is 0 Å². The number of hydrogen-bond acceptors (Lipinski definition) is 4. The molecule has 0 saturated heterocycles. The molecule has 3 rings (SSSR count). The molecular formula is C13H12N2O2S. The molecule has 4 nitrogen and oxygen atoms in total. The van der Waals surface area contributed by atoms with E-state index in [1.807, 2.05) is 11.4 Å². The number of aromatic nitrogens is 1. The van der Waals surface area contributed by atoms with Crippen LogP contribution in [0.1, 0.15) is 20.9 Å². The van der Waals surface area contributed by atoms with Gasteiger partial charge in [0.2, 0.25) is 0 Å². The van der Waals surface area contributed by atoms with Gasteiger partial charge in [0.1, 0.15) is 5.01 Å². The molecule has 1 aromatic carbocycles. The van der Waals surface area contributed by atoms with Gasteiger partial charge in [0.15, 0.2) is 0 Å². The number of carboxylic acid groups (broad SMARTS) is 1. The Morgan fingerprint density at radius 3 is 3.11 bits per heavy atom. The second-order valence-corrected chi connectivity index (χ2v) is 5.23. The Kier molecular flexibility index (Phi) is 2.76. The Hall–Kier alpha value is -1.88. The van der Waals surface area contributed by atoms with E-state index >= 15 is 0 Å². The van der Waals surface area contributed by atoms with Crippen LogP contribution in [0.2, 0.25) is 0 Å². The summed E-state index contributed by atoms with van der Waals surface area (Å²) in [5.74, 6) is -0.876. The van der Waals surface area contributed by atoms with Crippen LogP contribution in [-0.4, -0.2) is 22.6 Å². The van der Waals surface area contributed by atoms with Crippen LogP contribution >= 0.6 is 11.3 Å². The Morgan fingerprint density at radius 2 is 2.39 bits per heavy atom. The summed E-state index contributed by atoms with van der Waals surface area (Å²) in [5, 5.41) is 12.0. The van der Waals surface area contributed by atoms with E-state index in [-0.39, 0.29) is 0 Å². The van der Waals surface area contributed by atoms with Crippen LogP contribution in [0.25, 0.3) is 0 Å². The van der Waals surface area contributed by atoms with Crippen molar-refractivity contribution in [3.05, 3.63) is 45.9 Å². The highest BCUT2D eigenvalue weighted by atomic mass is 32.1. The molecule has 0 amide bonds. The molecule has 92 valence electrons. The van der Waals surface area contributed by atoms with Crippen molar-refractivity contribution < 1.29 is 9.90 Å². The topological polar surface area (TPSA) is 53.4 Å². The molecule has 2 aromatic rings. The van der Waals surface area contributed by atoms with Gasteiger partial charge in [-0.15, -0.1) is 11.3 Å². The number of aromatic carboxylic acids is 1. The lowest BCUT2D eigenvalue weighted by atomic mass is 10.1. The maximum atomic E-state index is 11.0. The van der Waals surface area contributed by atoms with Crippen molar-refractivity contribution in [2.45, 2.75) is 13.0 Å². The van der Waals surface area contributed by atoms with Gasteiger partial charge in [0.25, 0.3) is 0 Å². The van der Waals surface area contributed by atoms with Crippen LogP contribution in [0.3, 0.4) is 0 Å². The maximum absolute atomic E-state index is 11.0. The monoisotopic (exact) mass is 260 g/mol. The van der Waals surface area contributed by atoms with Gasteiger partial charge in [-0.05, 0) is 24.1 Å². The van der Waals surface area contributed by atoms with E-state index in [9.17, 15) is 4.79 Å². The number of carbonyl (C=O) groups is 1. The van der Waals surface area contributed by atoms with Gasteiger partial charge in [-0.3, -0.25) is 0 Å². The molecule has 0 aliphatic carbocycles. The fourth-order valence-electron chi connectivity index (χ4n) is 2.24. The predicted octanol–water partition coefficient (Wildman–Crippen LogP) is 2.40. The van der Waals surface area contributed by atoms with E-state index in [4.69, 9.17) is 5.11 Å². The van der Waals surface area contributed by atoms with E-state index in [1.165, 1.54) is 5.56 Å². The molecular weight excluding hydrogens is 248 g/mol. The average Bonchev–Trinajstić information content (AvgIpc) is 2.99. The van der Waals surface area contributed by atoms with Crippen molar-refractivity contribution >= 4 is 23.0 Å². The van der Waals surface area contributed by atoms with Gasteiger partial charge in [-0.1, -0.05) is 6.07 Å². The number of benzene rings is 1. The highest BCUT2D eigenvalue weighted by molar-refractivity contribution is 7.09. The highest BCUT2D eigenvalue weighted by Crippen LogP contribution is 2.30. The number of nitrogens with zero attached hydrogens (tertiary/aromatic N) is 2. The molecule has 5 heteroatoms. The minimum absolute atomic E-state index is 0.347. The molecule has 1 aliphatic rings. The van der Waals surface area contributed by atoms with Crippen molar-refractivity contribution in [3.63, 3.8) is 0 Å². The van der Waals surface area contributed by atoms with Gasteiger partial charge < -0.3 is 10.0 Å². The molecule has 1 aliphatic heterocycles. The fraction of sp³-hybridized carbons (Fsp3) is 0.231. The number of thiazole rings is 1. The lowest BCUT2D eigenvalue weighted by Gasteiger charge is -2.18. The van der Waals surface area contributed by atoms with Crippen molar-refractivity contribution in [1.82, 2.24) is 4.98 Å². The molecule has 0 spiro atoms. The molecule has 0 saturated carbocycles. The molecule has 1 N–H and O–H groups in total. The van der Waals surface area contributed by atoms with E-state index in [1.54, 1.807) is 29.7 Å². The third-order valence-corrected chi connectivity index (χ3v) is 3.90. The van der Waals surface area contributed by atoms with Crippen LogP contribution in [-0.2, 0) is 13.0 Å². The van der Waals surface area contributed by atoms with Crippen LogP contribution in [0.5, 0.6) is 0 Å². The summed E-state index contributed by atoms with van der Waals surface area (Å²) in [4.78, 5) is 17.5. The lowest BCUT2D eigenvalue weighted by Crippen LogP contribution is -2.19.